The predicted octanol–water partition coefficient (Wildman–Crippen LogP) is 1.02. The topological polar surface area (TPSA) is 37.9 Å². The maximum absolute atomic E-state index is 4.71. The molecule has 1 N–H and O–H groups in total. The molecule has 0 saturated carbocycles. The molecule has 1 fully saturated rings. The van der Waals surface area contributed by atoms with Gasteiger partial charge >= 0.3 is 0 Å². The number of quaternary nitrogens is 1. The van der Waals surface area contributed by atoms with Crippen molar-refractivity contribution < 1.29 is 4.90 Å². The van der Waals surface area contributed by atoms with E-state index in [9.17, 15) is 0 Å². The molecule has 5 nitrogen and oxygen atoms in total. The Balaban J connectivity index is 1.73. The third-order valence-corrected chi connectivity index (χ3v) is 4.83. The fraction of sp³-hybridized carbons (Fsp3) is 0.474. The average Bonchev–Trinajstić information content (AvgIpc) is 2.83. The van der Waals surface area contributed by atoms with Crippen molar-refractivity contribution in [3.63, 3.8) is 0 Å². The summed E-state index contributed by atoms with van der Waals surface area (Å²) in [6.07, 6.45) is 1.99. The van der Waals surface area contributed by atoms with Crippen LogP contribution in [0.1, 0.15) is 28.1 Å². The number of rotatable bonds is 4. The van der Waals surface area contributed by atoms with Gasteiger partial charge in [-0.15, -0.1) is 0 Å². The number of hydrazone groups is 1. The van der Waals surface area contributed by atoms with Crippen molar-refractivity contribution in [2.75, 3.05) is 33.2 Å². The van der Waals surface area contributed by atoms with Crippen LogP contribution in [0.15, 0.2) is 29.4 Å². The third-order valence-electron chi connectivity index (χ3n) is 4.83. The molecule has 0 radical (unpaired) electrons. The number of piperazine rings is 1. The van der Waals surface area contributed by atoms with Crippen molar-refractivity contribution in [1.82, 2.24) is 14.8 Å². The molecule has 2 aromatic rings. The molecule has 1 aliphatic heterocycles. The molecule has 0 amide bonds. The standard InChI is InChI=1S/C19H27N5/c1-15-5-7-18(8-6-15)14-24-17(3)19(16(2)21-24)13-20-23-11-9-22(4)10-12-23/h5-8,13H,9-12,14H2,1-4H3/p+1/b20-13-. The summed E-state index contributed by atoms with van der Waals surface area (Å²) in [5.74, 6) is 0. The zero-order chi connectivity index (χ0) is 17.1. The van der Waals surface area contributed by atoms with E-state index in [2.05, 4.69) is 66.9 Å². The molecule has 0 atom stereocenters. The van der Waals surface area contributed by atoms with Crippen LogP contribution in [0.2, 0.25) is 0 Å². The van der Waals surface area contributed by atoms with Gasteiger partial charge < -0.3 is 4.90 Å². The summed E-state index contributed by atoms with van der Waals surface area (Å²) in [6, 6.07) is 8.65. The van der Waals surface area contributed by atoms with Crippen LogP contribution < -0.4 is 4.90 Å². The number of likely N-dealkylation sites (N-methyl/N-ethyl adjacent to an activating group) is 1. The van der Waals surface area contributed by atoms with E-state index in [0.29, 0.717) is 0 Å². The van der Waals surface area contributed by atoms with Crippen molar-refractivity contribution in [1.29, 1.82) is 0 Å². The molecule has 0 bridgehead atoms. The molecule has 1 aliphatic rings. The highest BCUT2D eigenvalue weighted by atomic mass is 15.5. The second-order valence-corrected chi connectivity index (χ2v) is 6.88. The van der Waals surface area contributed by atoms with Crippen LogP contribution in [-0.2, 0) is 6.54 Å². The molecule has 0 unspecified atom stereocenters. The fourth-order valence-corrected chi connectivity index (χ4v) is 3.05. The number of hydrogen-bond donors (Lipinski definition) is 1. The van der Waals surface area contributed by atoms with Gasteiger partial charge in [-0.1, -0.05) is 29.8 Å². The highest BCUT2D eigenvalue weighted by Gasteiger charge is 2.15. The maximum atomic E-state index is 4.71. The third kappa shape index (κ3) is 3.85. The summed E-state index contributed by atoms with van der Waals surface area (Å²) in [4.78, 5) is 1.58. The van der Waals surface area contributed by atoms with E-state index in [1.165, 1.54) is 16.8 Å². The Hall–Kier alpha value is -2.14. The summed E-state index contributed by atoms with van der Waals surface area (Å²) in [7, 11) is 2.24. The molecule has 24 heavy (non-hydrogen) atoms. The molecule has 3 rings (SSSR count). The largest absolute Gasteiger partial charge is 0.334 e. The number of benzene rings is 1. The van der Waals surface area contributed by atoms with E-state index < -0.39 is 0 Å². The van der Waals surface area contributed by atoms with E-state index >= 15 is 0 Å². The molecule has 1 saturated heterocycles. The van der Waals surface area contributed by atoms with E-state index in [1.54, 1.807) is 4.90 Å². The summed E-state index contributed by atoms with van der Waals surface area (Å²) < 4.78 is 2.08. The fourth-order valence-electron chi connectivity index (χ4n) is 3.05. The van der Waals surface area contributed by atoms with Gasteiger partial charge in [-0.05, 0) is 26.3 Å². The molecule has 0 aliphatic carbocycles. The highest BCUT2D eigenvalue weighted by Crippen LogP contribution is 2.13. The first-order chi connectivity index (χ1) is 11.5. The summed E-state index contributed by atoms with van der Waals surface area (Å²) in [6.45, 7) is 11.5. The normalized spacial score (nSPS) is 16.2. The van der Waals surface area contributed by atoms with Gasteiger partial charge in [0.1, 0.15) is 0 Å². The molecule has 1 aromatic carbocycles. The quantitative estimate of drug-likeness (QED) is 0.852. The smallest absolute Gasteiger partial charge is 0.0964 e. The molecule has 1 aromatic heterocycles. The van der Waals surface area contributed by atoms with Gasteiger partial charge in [0.15, 0.2) is 0 Å². The Morgan fingerprint density at radius 2 is 1.79 bits per heavy atom. The molecule has 0 spiro atoms. The molecule has 2 heterocycles. The number of aromatic nitrogens is 2. The van der Waals surface area contributed by atoms with Crippen LogP contribution in [0.25, 0.3) is 0 Å². The van der Waals surface area contributed by atoms with Gasteiger partial charge in [0.05, 0.1) is 51.7 Å². The predicted molar refractivity (Wildman–Crippen MR) is 97.8 cm³/mol. The minimum absolute atomic E-state index is 0.804. The van der Waals surface area contributed by atoms with Crippen molar-refractivity contribution in [3.05, 3.63) is 52.3 Å². The molecular weight excluding hydrogens is 298 g/mol. The monoisotopic (exact) mass is 326 g/mol. The Labute approximate surface area is 144 Å². The highest BCUT2D eigenvalue weighted by molar-refractivity contribution is 5.82. The van der Waals surface area contributed by atoms with Gasteiger partial charge in [0.2, 0.25) is 0 Å². The van der Waals surface area contributed by atoms with Crippen LogP contribution in [0.3, 0.4) is 0 Å². The summed E-state index contributed by atoms with van der Waals surface area (Å²) >= 11 is 0. The SMILES string of the molecule is Cc1ccc(Cn2nc(C)c(/C=N\N3CC[NH+](C)CC3)c2C)cc1. The van der Waals surface area contributed by atoms with Crippen LogP contribution in [-0.4, -0.2) is 54.2 Å². The Bertz CT molecular complexity index is 706. The number of nitrogens with one attached hydrogen (secondary N) is 1. The Morgan fingerprint density at radius 1 is 1.12 bits per heavy atom. The Kier molecular flexibility index (Phi) is 5.00. The Morgan fingerprint density at radius 3 is 2.46 bits per heavy atom. The van der Waals surface area contributed by atoms with E-state index in [4.69, 9.17) is 5.10 Å². The number of aryl methyl sites for hydroxylation is 2. The first-order valence-corrected chi connectivity index (χ1v) is 8.72. The molecule has 128 valence electrons. The average molecular weight is 326 g/mol. The van der Waals surface area contributed by atoms with Gasteiger partial charge in [0, 0.05) is 11.3 Å². The van der Waals surface area contributed by atoms with Crippen molar-refractivity contribution in [2.45, 2.75) is 27.3 Å². The van der Waals surface area contributed by atoms with E-state index in [0.717, 1.165) is 44.0 Å². The summed E-state index contributed by atoms with van der Waals surface area (Å²) in [5, 5.41) is 11.6. The van der Waals surface area contributed by atoms with Crippen molar-refractivity contribution in [2.24, 2.45) is 5.10 Å². The first-order valence-electron chi connectivity index (χ1n) is 8.72. The zero-order valence-corrected chi connectivity index (χ0v) is 15.2. The van der Waals surface area contributed by atoms with Crippen LogP contribution in [0.4, 0.5) is 0 Å². The van der Waals surface area contributed by atoms with Gasteiger partial charge in [-0.25, -0.2) is 0 Å². The van der Waals surface area contributed by atoms with Gasteiger partial charge in [-0.3, -0.25) is 9.69 Å². The minimum atomic E-state index is 0.804. The minimum Gasteiger partial charge on any atom is -0.334 e. The number of nitrogens with zero attached hydrogens (tertiary/aromatic N) is 4. The van der Waals surface area contributed by atoms with Crippen molar-refractivity contribution in [3.8, 4) is 0 Å². The van der Waals surface area contributed by atoms with Crippen LogP contribution in [0, 0.1) is 20.8 Å². The lowest BCUT2D eigenvalue weighted by molar-refractivity contribution is -0.884. The second-order valence-electron chi connectivity index (χ2n) is 6.88. The lowest BCUT2D eigenvalue weighted by Gasteiger charge is -2.27. The van der Waals surface area contributed by atoms with E-state index in [1.807, 2.05) is 6.21 Å². The van der Waals surface area contributed by atoms with Crippen molar-refractivity contribution >= 4 is 6.21 Å². The lowest BCUT2D eigenvalue weighted by Crippen LogP contribution is -3.11. The van der Waals surface area contributed by atoms with Crippen LogP contribution in [0.5, 0.6) is 0 Å². The van der Waals surface area contributed by atoms with Gasteiger partial charge in [-0.2, -0.15) is 10.2 Å². The number of hydrogen-bond acceptors (Lipinski definition) is 3. The van der Waals surface area contributed by atoms with E-state index in [-0.39, 0.29) is 0 Å². The molecule has 5 heteroatoms. The van der Waals surface area contributed by atoms with Crippen LogP contribution >= 0.6 is 0 Å². The first kappa shape index (κ1) is 16.7. The summed E-state index contributed by atoms with van der Waals surface area (Å²) in [5.41, 5.74) is 5.93. The maximum Gasteiger partial charge on any atom is 0.0964 e. The zero-order valence-electron chi connectivity index (χ0n) is 15.2. The van der Waals surface area contributed by atoms with Gasteiger partial charge in [0.25, 0.3) is 0 Å². The molecular formula is C19H28N5+. The second kappa shape index (κ2) is 7.18. The lowest BCUT2D eigenvalue weighted by atomic mass is 10.1.